The molecule has 37 heavy (non-hydrogen) atoms. The lowest BCUT2D eigenvalue weighted by atomic mass is 9.95. The van der Waals surface area contributed by atoms with E-state index in [2.05, 4.69) is 44.5 Å². The number of ether oxygens (including phenoxy) is 1. The Hall–Kier alpha value is -4.07. The lowest BCUT2D eigenvalue weighted by Gasteiger charge is -2.32. The number of carbonyl (C=O) groups is 1. The number of hydrogen-bond acceptors (Lipinski definition) is 7. The van der Waals surface area contributed by atoms with Crippen LogP contribution in [0.2, 0.25) is 0 Å². The molecule has 7 heteroatoms. The number of methoxy groups -OCH3 is 1. The van der Waals surface area contributed by atoms with Crippen LogP contribution in [0.1, 0.15) is 15.9 Å². The second-order valence-electron chi connectivity index (χ2n) is 9.27. The van der Waals surface area contributed by atoms with Gasteiger partial charge in [0.25, 0.3) is 0 Å². The van der Waals surface area contributed by atoms with E-state index in [1.54, 1.807) is 0 Å². The summed E-state index contributed by atoms with van der Waals surface area (Å²) in [4.78, 5) is 18.0. The van der Waals surface area contributed by atoms with Gasteiger partial charge in [-0.2, -0.15) is 0 Å². The smallest absolute Gasteiger partial charge is 0.342 e. The molecule has 188 valence electrons. The van der Waals surface area contributed by atoms with Gasteiger partial charge in [0.05, 0.1) is 7.11 Å². The Morgan fingerprint density at radius 2 is 1.46 bits per heavy atom. The zero-order valence-electron chi connectivity index (χ0n) is 21.2. The second-order valence-corrected chi connectivity index (χ2v) is 9.27. The normalized spacial score (nSPS) is 14.3. The summed E-state index contributed by atoms with van der Waals surface area (Å²) in [7, 11) is 3.55. The van der Waals surface area contributed by atoms with Crippen LogP contribution in [0.5, 0.6) is 0 Å². The summed E-state index contributed by atoms with van der Waals surface area (Å²) in [5, 5.41) is 12.3. The Bertz CT molecular complexity index is 1340. The van der Waals surface area contributed by atoms with Crippen molar-refractivity contribution in [2.45, 2.75) is 6.54 Å². The van der Waals surface area contributed by atoms with Crippen molar-refractivity contribution in [1.82, 2.24) is 20.0 Å². The highest BCUT2D eigenvalue weighted by atomic mass is 16.5. The molecule has 0 atom stereocenters. The van der Waals surface area contributed by atoms with Crippen molar-refractivity contribution in [2.75, 3.05) is 45.7 Å². The molecule has 1 saturated heterocycles. The highest BCUT2D eigenvalue weighted by molar-refractivity contribution is 6.05. The van der Waals surface area contributed by atoms with E-state index in [1.165, 1.54) is 12.7 Å². The molecule has 2 heterocycles. The number of esters is 1. The van der Waals surface area contributed by atoms with Crippen molar-refractivity contribution in [3.8, 4) is 22.4 Å². The number of nitrogens with zero attached hydrogens (tertiary/aromatic N) is 4. The lowest BCUT2D eigenvalue weighted by Crippen LogP contribution is -2.43. The largest absolute Gasteiger partial charge is 0.465 e. The van der Waals surface area contributed by atoms with Gasteiger partial charge in [0.2, 0.25) is 0 Å². The van der Waals surface area contributed by atoms with Crippen LogP contribution in [0.3, 0.4) is 0 Å². The molecule has 1 N–H and O–H groups in total. The van der Waals surface area contributed by atoms with Gasteiger partial charge >= 0.3 is 5.97 Å². The predicted molar refractivity (Wildman–Crippen MR) is 147 cm³/mol. The van der Waals surface area contributed by atoms with E-state index in [0.29, 0.717) is 22.6 Å². The number of anilines is 2. The van der Waals surface area contributed by atoms with Gasteiger partial charge < -0.3 is 15.0 Å². The number of aromatic nitrogens is 2. The minimum atomic E-state index is -0.472. The van der Waals surface area contributed by atoms with Crippen LogP contribution < -0.4 is 5.32 Å². The first-order valence-corrected chi connectivity index (χ1v) is 12.5. The van der Waals surface area contributed by atoms with Gasteiger partial charge in [0.1, 0.15) is 11.3 Å². The molecular formula is C30H31N5O2. The number of piperazine rings is 1. The number of carbonyl (C=O) groups excluding carboxylic acids is 1. The minimum absolute atomic E-state index is 0.351. The zero-order chi connectivity index (χ0) is 25.6. The molecular weight excluding hydrogens is 462 g/mol. The molecule has 1 aliphatic heterocycles. The molecule has 0 bridgehead atoms. The fraction of sp³-hybridized carbons (Fsp3) is 0.233. The molecule has 0 spiro atoms. The maximum Gasteiger partial charge on any atom is 0.342 e. The van der Waals surface area contributed by atoms with Crippen LogP contribution in [0, 0.1) is 0 Å². The first-order valence-electron chi connectivity index (χ1n) is 12.5. The van der Waals surface area contributed by atoms with E-state index >= 15 is 0 Å². The predicted octanol–water partition coefficient (Wildman–Crippen LogP) is 5.09. The summed E-state index contributed by atoms with van der Waals surface area (Å²) < 4.78 is 5.22. The molecule has 1 aromatic heterocycles. The molecule has 0 radical (unpaired) electrons. The molecule has 1 aliphatic rings. The Morgan fingerprint density at radius 1 is 0.838 bits per heavy atom. The Balaban J connectivity index is 1.49. The summed E-state index contributed by atoms with van der Waals surface area (Å²) >= 11 is 0. The van der Waals surface area contributed by atoms with Crippen molar-refractivity contribution in [3.05, 3.63) is 96.1 Å². The Labute approximate surface area is 217 Å². The van der Waals surface area contributed by atoms with Crippen LogP contribution in [0.4, 0.5) is 11.5 Å². The number of benzene rings is 3. The summed E-state index contributed by atoms with van der Waals surface area (Å²) in [5.41, 5.74) is 5.47. The average Bonchev–Trinajstić information content (AvgIpc) is 2.95. The SMILES string of the molecule is COC(=O)c1c(Nc2ccc(CN3CCN(C)CC3)cc2)nnc(-c2ccccc2)c1-c1ccccc1. The first-order chi connectivity index (χ1) is 18.1. The highest BCUT2D eigenvalue weighted by Gasteiger charge is 2.25. The quantitative estimate of drug-likeness (QED) is 0.360. The number of hydrogen-bond donors (Lipinski definition) is 1. The van der Waals surface area contributed by atoms with Crippen molar-refractivity contribution in [1.29, 1.82) is 0 Å². The molecule has 0 aliphatic carbocycles. The van der Waals surface area contributed by atoms with Crippen LogP contribution in [0.25, 0.3) is 22.4 Å². The number of likely N-dealkylation sites (N-methyl/N-ethyl adjacent to an activating group) is 1. The first kappa shape index (κ1) is 24.6. The monoisotopic (exact) mass is 493 g/mol. The van der Waals surface area contributed by atoms with Crippen molar-refractivity contribution in [3.63, 3.8) is 0 Å². The van der Waals surface area contributed by atoms with Crippen molar-refractivity contribution >= 4 is 17.5 Å². The van der Waals surface area contributed by atoms with E-state index < -0.39 is 5.97 Å². The van der Waals surface area contributed by atoms with Crippen LogP contribution in [-0.2, 0) is 11.3 Å². The molecule has 0 unspecified atom stereocenters. The Kier molecular flexibility index (Phi) is 7.54. The maximum atomic E-state index is 13.2. The Morgan fingerprint density at radius 3 is 2.08 bits per heavy atom. The van der Waals surface area contributed by atoms with Crippen molar-refractivity contribution < 1.29 is 9.53 Å². The van der Waals surface area contributed by atoms with E-state index in [-0.39, 0.29) is 0 Å². The molecule has 1 fully saturated rings. The van der Waals surface area contributed by atoms with Gasteiger partial charge in [-0.25, -0.2) is 4.79 Å². The topological polar surface area (TPSA) is 70.6 Å². The maximum absolute atomic E-state index is 13.2. The summed E-state index contributed by atoms with van der Waals surface area (Å²) in [5.74, 6) is -0.114. The average molecular weight is 494 g/mol. The van der Waals surface area contributed by atoms with E-state index in [0.717, 1.165) is 49.5 Å². The van der Waals surface area contributed by atoms with Crippen LogP contribution >= 0.6 is 0 Å². The third-order valence-electron chi connectivity index (χ3n) is 6.69. The number of nitrogens with one attached hydrogen (secondary N) is 1. The molecule has 3 aromatic carbocycles. The van der Waals surface area contributed by atoms with Gasteiger partial charge in [-0.3, -0.25) is 4.90 Å². The second kappa shape index (κ2) is 11.3. The van der Waals surface area contributed by atoms with Crippen LogP contribution in [0.15, 0.2) is 84.9 Å². The van der Waals surface area contributed by atoms with Gasteiger partial charge in [-0.05, 0) is 30.3 Å². The molecule has 0 saturated carbocycles. The molecule has 4 aromatic rings. The van der Waals surface area contributed by atoms with E-state index in [1.807, 2.05) is 72.8 Å². The highest BCUT2D eigenvalue weighted by Crippen LogP contribution is 2.37. The van der Waals surface area contributed by atoms with E-state index in [4.69, 9.17) is 4.74 Å². The third kappa shape index (κ3) is 5.69. The summed E-state index contributed by atoms with van der Waals surface area (Å²) in [6.45, 7) is 5.26. The lowest BCUT2D eigenvalue weighted by molar-refractivity contribution is 0.0602. The zero-order valence-corrected chi connectivity index (χ0v) is 21.2. The molecule has 7 nitrogen and oxygen atoms in total. The summed E-state index contributed by atoms with van der Waals surface area (Å²) in [6.07, 6.45) is 0. The molecule has 5 rings (SSSR count). The fourth-order valence-electron chi connectivity index (χ4n) is 4.60. The molecule has 0 amide bonds. The minimum Gasteiger partial charge on any atom is -0.465 e. The van der Waals surface area contributed by atoms with E-state index in [9.17, 15) is 4.79 Å². The van der Waals surface area contributed by atoms with Gasteiger partial charge in [0.15, 0.2) is 5.82 Å². The third-order valence-corrected chi connectivity index (χ3v) is 6.69. The van der Waals surface area contributed by atoms with Crippen molar-refractivity contribution in [2.24, 2.45) is 0 Å². The standard InChI is InChI=1S/C30H31N5O2/c1-34-17-19-35(20-18-34)21-22-13-15-25(16-14-22)31-29-27(30(36)37-2)26(23-9-5-3-6-10-23)28(32-33-29)24-11-7-4-8-12-24/h3-16H,17-21H2,1-2H3,(H,31,33). The summed E-state index contributed by atoms with van der Waals surface area (Å²) in [6, 6.07) is 27.8. The van der Waals surface area contributed by atoms with Gasteiger partial charge in [-0.1, -0.05) is 72.8 Å². The fourth-order valence-corrected chi connectivity index (χ4v) is 4.60. The van der Waals surface area contributed by atoms with Crippen LogP contribution in [-0.4, -0.2) is 66.3 Å². The number of rotatable bonds is 7. The van der Waals surface area contributed by atoms with Gasteiger partial charge in [-0.15, -0.1) is 10.2 Å². The van der Waals surface area contributed by atoms with Gasteiger partial charge in [0, 0.05) is 49.5 Å².